The Hall–Kier alpha value is -8.06. The van der Waals surface area contributed by atoms with Crippen LogP contribution in [0.3, 0.4) is 0 Å². The number of fused-ring (bicyclic) bond motifs is 3. The van der Waals surface area contributed by atoms with Crippen molar-refractivity contribution in [3.63, 3.8) is 0 Å². The van der Waals surface area contributed by atoms with Gasteiger partial charge in [-0.1, -0.05) is 200 Å². The lowest BCUT2D eigenvalue weighted by atomic mass is 9.67. The zero-order chi connectivity index (χ0) is 56.9. The summed E-state index contributed by atoms with van der Waals surface area (Å²) in [7, 11) is 0. The van der Waals surface area contributed by atoms with Crippen LogP contribution in [0.15, 0.2) is 230 Å². The first-order valence-electron chi connectivity index (χ1n) is 29.6. The molecule has 0 nitrogen and oxygen atoms in total. The van der Waals surface area contributed by atoms with Crippen LogP contribution in [0, 0.1) is 0 Å². The molecule has 0 N–H and O–H groups in total. The average molecular weight is 813 g/mol. The van der Waals surface area contributed by atoms with Gasteiger partial charge in [0.05, 0.1) is 30.1 Å². The Morgan fingerprint density at radius 3 is 1.29 bits per heavy atom. The summed E-state index contributed by atoms with van der Waals surface area (Å²) < 4.78 is 164. The van der Waals surface area contributed by atoms with Gasteiger partial charge in [-0.25, -0.2) is 0 Å². The maximum absolute atomic E-state index is 9.86. The molecule has 0 heterocycles. The van der Waals surface area contributed by atoms with E-state index < -0.39 is 90.0 Å². The molecule has 0 heteroatoms. The molecule has 0 radical (unpaired) electrons. The van der Waals surface area contributed by atoms with Gasteiger partial charge in [0.15, 0.2) is 0 Å². The van der Waals surface area contributed by atoms with Crippen LogP contribution in [0.25, 0.3) is 109 Å². The molecule has 0 bridgehead atoms. The van der Waals surface area contributed by atoms with Crippen LogP contribution in [-0.4, -0.2) is 0 Å². The average Bonchev–Trinajstić information content (AvgIpc) is 3.67. The second-order valence-electron chi connectivity index (χ2n) is 16.1. The molecule has 0 aliphatic heterocycles. The van der Waals surface area contributed by atoms with Crippen molar-refractivity contribution in [2.24, 2.45) is 0 Å². The van der Waals surface area contributed by atoms with Gasteiger partial charge >= 0.3 is 0 Å². The van der Waals surface area contributed by atoms with E-state index in [4.69, 9.17) is 16.4 Å². The van der Waals surface area contributed by atoms with E-state index in [2.05, 4.69) is 6.07 Å². The van der Waals surface area contributed by atoms with E-state index in [9.17, 15) is 8.22 Å². The van der Waals surface area contributed by atoms with Crippen LogP contribution >= 0.6 is 0 Å². The third kappa shape index (κ3) is 4.87. The van der Waals surface area contributed by atoms with Gasteiger partial charge in [0, 0.05) is 0 Å². The SMILES string of the molecule is [2H]c1c([2H])c2c([2H])c([2H])c3c([2H])c(-c4ccc5c(c4)C(c4ccccc4)(c4ccccc4)c4cc(-c6ccc(-c7c([2H])c8c([2H])c([2H])c([2H])c9c([2H])c([2H])c%10c([2H])c([2H])c([2H])c7c%10c98)cc6)ccc4-5)c([2H])c4c([2H])c([2H])c(c1[2H])c2c34. The maximum atomic E-state index is 9.86. The summed E-state index contributed by atoms with van der Waals surface area (Å²) in [4.78, 5) is 0. The first-order chi connectivity index (χ1) is 38.7. The Balaban J connectivity index is 0.989. The molecule has 13 aromatic carbocycles. The van der Waals surface area contributed by atoms with Gasteiger partial charge in [-0.15, -0.1) is 0 Å². The fourth-order valence-corrected chi connectivity index (χ4v) is 10.2. The molecule has 14 rings (SSSR count). The molecule has 0 atom stereocenters. The fraction of sp³-hybridized carbons (Fsp3) is 0.0159. The summed E-state index contributed by atoms with van der Waals surface area (Å²) in [6, 6.07) is 31.2. The van der Waals surface area contributed by atoms with Crippen molar-refractivity contribution >= 4 is 64.6 Å². The molecular weight excluding hydrogens is 757 g/mol. The van der Waals surface area contributed by atoms with E-state index in [0.29, 0.717) is 11.1 Å². The van der Waals surface area contributed by atoms with Gasteiger partial charge in [-0.3, -0.25) is 0 Å². The summed E-state index contributed by atoms with van der Waals surface area (Å²) in [5.74, 6) is 0. The Morgan fingerprint density at radius 1 is 0.302 bits per heavy atom. The first kappa shape index (κ1) is 21.6. The zero-order valence-electron chi connectivity index (χ0n) is 51.0. The van der Waals surface area contributed by atoms with Gasteiger partial charge in [-0.2, -0.15) is 0 Å². The molecule has 290 valence electrons. The molecule has 1 aliphatic rings. The predicted octanol–water partition coefficient (Wildman–Crippen LogP) is 16.8. The summed E-state index contributed by atoms with van der Waals surface area (Å²) in [5, 5.41) is -0.266. The summed E-state index contributed by atoms with van der Waals surface area (Å²) in [5.41, 5.74) is 6.74. The van der Waals surface area contributed by atoms with Crippen LogP contribution in [0.5, 0.6) is 0 Å². The highest BCUT2D eigenvalue weighted by Gasteiger charge is 2.46. The van der Waals surface area contributed by atoms with Crippen molar-refractivity contribution in [1.82, 2.24) is 0 Å². The van der Waals surface area contributed by atoms with Crippen molar-refractivity contribution in [3.05, 3.63) is 252 Å². The minimum atomic E-state index is -1.05. The standard InChI is InChI=1S/C63H38/c1-3-15-51(16-4-1)63(52-17-5-2-6-18-52)57-37-45(39-20-22-40(23-21-39)56-36-47-14-8-12-43-24-25-44-13-9-19-55(56)62(44)60(43)47)30-32-53(57)54-33-31-46(38-58(54)63)50-34-48-28-26-41-10-7-11-42-27-29-49(35-50)61(48)59(41)42/h1-38H/i7D,8D,9D,10D,11D,12D,13D,14D,19D,24D,25D,26D,27D,28D,29D,34D,35D,36D. The highest BCUT2D eigenvalue weighted by molar-refractivity contribution is 6.26. The van der Waals surface area contributed by atoms with E-state index in [1.54, 1.807) is 18.2 Å². The highest BCUT2D eigenvalue weighted by atomic mass is 14.5. The summed E-state index contributed by atoms with van der Waals surface area (Å²) in [6.07, 6.45) is 0. The zero-order valence-corrected chi connectivity index (χ0v) is 33.0. The largest absolute Gasteiger partial charge is 0.0713 e. The molecule has 1 aliphatic carbocycles. The van der Waals surface area contributed by atoms with Crippen LogP contribution in [0.1, 0.15) is 46.9 Å². The van der Waals surface area contributed by atoms with Gasteiger partial charge in [0.25, 0.3) is 0 Å². The molecule has 0 amide bonds. The van der Waals surface area contributed by atoms with Gasteiger partial charge in [0.2, 0.25) is 0 Å². The lowest BCUT2D eigenvalue weighted by molar-refractivity contribution is 0.769. The van der Waals surface area contributed by atoms with E-state index in [0.717, 1.165) is 44.5 Å². The van der Waals surface area contributed by atoms with Crippen molar-refractivity contribution in [3.8, 4) is 44.5 Å². The minimum Gasteiger partial charge on any atom is -0.0622 e. The Bertz CT molecular complexity index is 4870. The molecule has 0 fully saturated rings. The lowest BCUT2D eigenvalue weighted by Gasteiger charge is -2.34. The van der Waals surface area contributed by atoms with E-state index in [-0.39, 0.29) is 99.9 Å². The van der Waals surface area contributed by atoms with Crippen LogP contribution in [0.2, 0.25) is 0 Å². The van der Waals surface area contributed by atoms with E-state index in [1.807, 2.05) is 97.1 Å². The quantitative estimate of drug-likeness (QED) is 0.152. The fourth-order valence-electron chi connectivity index (χ4n) is 10.2. The third-order valence-corrected chi connectivity index (χ3v) is 12.9. The van der Waals surface area contributed by atoms with Gasteiger partial charge in [0.1, 0.15) is 0 Å². The monoisotopic (exact) mass is 812 g/mol. The number of hydrogen-bond acceptors (Lipinski definition) is 0. The first-order valence-corrected chi connectivity index (χ1v) is 20.6. The maximum Gasteiger partial charge on any atom is 0.0713 e. The van der Waals surface area contributed by atoms with Crippen molar-refractivity contribution in [1.29, 1.82) is 0 Å². The number of rotatable bonds is 5. The van der Waals surface area contributed by atoms with E-state index in [1.165, 1.54) is 0 Å². The summed E-state index contributed by atoms with van der Waals surface area (Å²) >= 11 is 0. The molecule has 0 unspecified atom stereocenters. The topological polar surface area (TPSA) is 0 Å². The van der Waals surface area contributed by atoms with E-state index >= 15 is 0 Å². The van der Waals surface area contributed by atoms with Gasteiger partial charge < -0.3 is 0 Å². The second kappa shape index (κ2) is 13.0. The Morgan fingerprint density at radius 2 is 0.714 bits per heavy atom. The minimum absolute atomic E-state index is 0.0486. The highest BCUT2D eigenvalue weighted by Crippen LogP contribution is 2.57. The molecule has 0 spiro atoms. The third-order valence-electron chi connectivity index (χ3n) is 12.9. The van der Waals surface area contributed by atoms with Crippen molar-refractivity contribution in [2.75, 3.05) is 0 Å². The van der Waals surface area contributed by atoms with Crippen LogP contribution in [0.4, 0.5) is 0 Å². The van der Waals surface area contributed by atoms with Crippen LogP contribution < -0.4 is 0 Å². The molecule has 0 aromatic heterocycles. The number of hydrogen-bond donors (Lipinski definition) is 0. The summed E-state index contributed by atoms with van der Waals surface area (Å²) in [6.45, 7) is 0. The normalized spacial score (nSPS) is 17.2. The van der Waals surface area contributed by atoms with Gasteiger partial charge in [-0.05, 0) is 162 Å². The Labute approximate surface area is 390 Å². The molecule has 0 saturated carbocycles. The molecule has 13 aromatic rings. The molecule has 63 heavy (non-hydrogen) atoms. The number of benzene rings is 13. The second-order valence-corrected chi connectivity index (χ2v) is 16.1. The Kier molecular flexibility index (Phi) is 4.46. The van der Waals surface area contributed by atoms with Crippen molar-refractivity contribution in [2.45, 2.75) is 5.41 Å². The smallest absolute Gasteiger partial charge is 0.0622 e. The van der Waals surface area contributed by atoms with Crippen molar-refractivity contribution < 1.29 is 24.7 Å². The molecule has 0 saturated heterocycles. The molecular formula is C63H38. The predicted molar refractivity (Wildman–Crippen MR) is 267 cm³/mol. The lowest BCUT2D eigenvalue weighted by Crippen LogP contribution is -2.28. The van der Waals surface area contributed by atoms with Crippen LogP contribution in [-0.2, 0) is 5.41 Å².